The number of nitrogens with zero attached hydrogens (tertiary/aromatic N) is 2. The van der Waals surface area contributed by atoms with Crippen molar-refractivity contribution in [2.75, 3.05) is 12.5 Å². The van der Waals surface area contributed by atoms with E-state index in [1.165, 1.54) is 10.8 Å². The molecule has 0 saturated carbocycles. The van der Waals surface area contributed by atoms with E-state index >= 15 is 0 Å². The first-order valence-corrected chi connectivity index (χ1v) is 9.97. The molecule has 2 heterocycles. The summed E-state index contributed by atoms with van der Waals surface area (Å²) in [6.07, 6.45) is -3.05. The normalized spacial score (nSPS) is 25.7. The van der Waals surface area contributed by atoms with Crippen LogP contribution in [0.2, 0.25) is 15.2 Å². The lowest BCUT2D eigenvalue weighted by Gasteiger charge is -2.19. The van der Waals surface area contributed by atoms with Crippen LogP contribution in [0.5, 0.6) is 0 Å². The van der Waals surface area contributed by atoms with Crippen LogP contribution in [0.1, 0.15) is 11.8 Å². The Morgan fingerprint density at radius 2 is 1.96 bits per heavy atom. The smallest absolute Gasteiger partial charge is 0.164 e. The molecule has 6 N–H and O–H groups in total. The maximum atomic E-state index is 10.4. The van der Waals surface area contributed by atoms with Gasteiger partial charge in [0.25, 0.3) is 0 Å². The Balaban J connectivity index is 2.13. The minimum atomic E-state index is -1.30. The molecule has 1 aromatic carbocycles. The number of nitrogens with two attached hydrogens (primary N) is 1. The summed E-state index contributed by atoms with van der Waals surface area (Å²) in [7, 11) is 0. The van der Waals surface area contributed by atoms with Gasteiger partial charge in [-0.25, -0.2) is 0 Å². The van der Waals surface area contributed by atoms with Crippen LogP contribution < -0.4 is 10.6 Å². The molecule has 0 spiro atoms. The number of hydrogen-bond donors (Lipinski definition) is 5. The first kappa shape index (κ1) is 21.0. The molecule has 1 aliphatic heterocycles. The number of hydrazone groups is 1. The molecule has 148 valence electrons. The van der Waals surface area contributed by atoms with Gasteiger partial charge in [0, 0.05) is 10.9 Å². The van der Waals surface area contributed by atoms with Crippen molar-refractivity contribution in [2.45, 2.75) is 24.5 Å². The minimum absolute atomic E-state index is 0.198. The van der Waals surface area contributed by atoms with Gasteiger partial charge in [-0.3, -0.25) is 10.6 Å². The first-order valence-electron chi connectivity index (χ1n) is 7.79. The van der Waals surface area contributed by atoms with Crippen molar-refractivity contribution in [2.24, 2.45) is 10.2 Å². The highest BCUT2D eigenvalue weighted by molar-refractivity contribution is 7.97. The maximum Gasteiger partial charge on any atom is 0.164 e. The molecule has 1 aromatic heterocycles. The summed E-state index contributed by atoms with van der Waals surface area (Å²) in [4.78, 5) is 0. The van der Waals surface area contributed by atoms with Crippen LogP contribution in [-0.2, 0) is 4.74 Å². The van der Waals surface area contributed by atoms with Crippen molar-refractivity contribution in [1.82, 2.24) is 9.99 Å². The molecule has 0 radical (unpaired) electrons. The van der Waals surface area contributed by atoms with E-state index in [9.17, 15) is 15.3 Å². The van der Waals surface area contributed by atoms with E-state index in [1.54, 1.807) is 12.1 Å². The number of benzene rings is 1. The molecule has 12 heteroatoms. The van der Waals surface area contributed by atoms with Crippen LogP contribution in [0, 0.1) is 0 Å². The van der Waals surface area contributed by atoms with Gasteiger partial charge in [-0.15, -0.1) is 0 Å². The lowest BCUT2D eigenvalue weighted by Crippen LogP contribution is -2.33. The molecule has 2 unspecified atom stereocenters. The Bertz CT molecular complexity index is 865. The molecule has 0 aliphatic carbocycles. The zero-order valence-corrected chi connectivity index (χ0v) is 16.8. The predicted octanol–water partition coefficient (Wildman–Crippen LogP) is 1.70. The Morgan fingerprint density at radius 1 is 1.26 bits per heavy atom. The second-order valence-corrected chi connectivity index (χ2v) is 7.61. The van der Waals surface area contributed by atoms with Gasteiger partial charge in [0.15, 0.2) is 6.23 Å². The van der Waals surface area contributed by atoms with Crippen molar-refractivity contribution >= 4 is 63.9 Å². The van der Waals surface area contributed by atoms with Gasteiger partial charge < -0.3 is 24.6 Å². The summed E-state index contributed by atoms with van der Waals surface area (Å²) in [6, 6.07) is 3.21. The Morgan fingerprint density at radius 3 is 2.59 bits per heavy atom. The molecule has 8 nitrogen and oxygen atoms in total. The van der Waals surface area contributed by atoms with Crippen molar-refractivity contribution in [1.29, 1.82) is 0 Å². The van der Waals surface area contributed by atoms with E-state index < -0.39 is 31.1 Å². The maximum absolute atomic E-state index is 10.4. The quantitative estimate of drug-likeness (QED) is 0.148. The summed E-state index contributed by atoms with van der Waals surface area (Å²) < 4.78 is 7.10. The standard InChI is InChI=1S/C15H17Cl3N4O4S/c16-8-1-6-7(3-20-21-5-27-19)14(18)22(10(6)2-9(8)17)15-13(25)12(24)11(4-23)26-15/h1-3,11-13,15,21,23-25H,4-5,19H2/b20-3+/t11-,12?,13?,15-/m1/s1. The third-order valence-electron chi connectivity index (χ3n) is 4.23. The number of ether oxygens (including phenoxy) is 1. The van der Waals surface area contributed by atoms with Gasteiger partial charge in [-0.2, -0.15) is 5.10 Å². The summed E-state index contributed by atoms with van der Waals surface area (Å²) in [6.45, 7) is -0.451. The Labute approximate surface area is 174 Å². The average Bonchev–Trinajstić information content (AvgIpc) is 3.06. The van der Waals surface area contributed by atoms with Crippen LogP contribution in [-0.4, -0.2) is 56.9 Å². The van der Waals surface area contributed by atoms with E-state index in [4.69, 9.17) is 44.7 Å². The highest BCUT2D eigenvalue weighted by Gasteiger charge is 2.44. The zero-order valence-electron chi connectivity index (χ0n) is 13.7. The van der Waals surface area contributed by atoms with E-state index in [0.29, 0.717) is 27.4 Å². The number of rotatable bonds is 6. The minimum Gasteiger partial charge on any atom is -0.394 e. The molecule has 3 rings (SSSR count). The van der Waals surface area contributed by atoms with Gasteiger partial charge in [0.2, 0.25) is 0 Å². The molecule has 27 heavy (non-hydrogen) atoms. The molecule has 0 amide bonds. The summed E-state index contributed by atoms with van der Waals surface area (Å²) in [5.41, 5.74) is 3.78. The predicted molar refractivity (Wildman–Crippen MR) is 107 cm³/mol. The van der Waals surface area contributed by atoms with E-state index in [-0.39, 0.29) is 10.2 Å². The number of aliphatic hydroxyl groups is 3. The number of halogens is 3. The van der Waals surface area contributed by atoms with Gasteiger partial charge in [0.1, 0.15) is 23.5 Å². The number of fused-ring (bicyclic) bond motifs is 1. The van der Waals surface area contributed by atoms with Gasteiger partial charge in [0.05, 0.1) is 34.3 Å². The van der Waals surface area contributed by atoms with Crippen molar-refractivity contribution in [3.63, 3.8) is 0 Å². The topological polar surface area (TPSA) is 125 Å². The van der Waals surface area contributed by atoms with Crippen molar-refractivity contribution < 1.29 is 20.1 Å². The van der Waals surface area contributed by atoms with Gasteiger partial charge >= 0.3 is 0 Å². The lowest BCUT2D eigenvalue weighted by molar-refractivity contribution is -0.0505. The summed E-state index contributed by atoms with van der Waals surface area (Å²) in [5.74, 6) is 0.397. The van der Waals surface area contributed by atoms with Crippen LogP contribution in [0.3, 0.4) is 0 Å². The fraction of sp³-hybridized carbons (Fsp3) is 0.400. The number of hydrogen-bond acceptors (Lipinski definition) is 8. The van der Waals surface area contributed by atoms with Crippen LogP contribution >= 0.6 is 46.8 Å². The number of nitrogens with one attached hydrogen (secondary N) is 1. The van der Waals surface area contributed by atoms with Crippen LogP contribution in [0.4, 0.5) is 0 Å². The average molecular weight is 456 g/mol. The number of aliphatic hydroxyl groups excluding tert-OH is 3. The SMILES string of the molecule is NSCN/N=C/c1c(Cl)n([C@@H]2O[C@H](CO)C(O)C2O)c2cc(Cl)c(Cl)cc12. The van der Waals surface area contributed by atoms with Crippen molar-refractivity contribution in [3.05, 3.63) is 32.9 Å². The Kier molecular flexibility index (Phi) is 6.78. The molecule has 1 aliphatic rings. The van der Waals surface area contributed by atoms with Crippen LogP contribution in [0.25, 0.3) is 10.9 Å². The molecule has 0 bridgehead atoms. The van der Waals surface area contributed by atoms with Gasteiger partial charge in [-0.1, -0.05) is 46.8 Å². The molecule has 2 aromatic rings. The van der Waals surface area contributed by atoms with Crippen molar-refractivity contribution in [3.8, 4) is 0 Å². The third kappa shape index (κ3) is 3.89. The first-order chi connectivity index (χ1) is 12.9. The summed E-state index contributed by atoms with van der Waals surface area (Å²) in [5, 5.41) is 40.6. The van der Waals surface area contributed by atoms with Gasteiger partial charge in [-0.05, 0) is 12.1 Å². The van der Waals surface area contributed by atoms with E-state index in [0.717, 1.165) is 11.9 Å². The second-order valence-electron chi connectivity index (χ2n) is 5.81. The van der Waals surface area contributed by atoms with E-state index in [2.05, 4.69) is 10.5 Å². The molecule has 1 saturated heterocycles. The number of aromatic nitrogens is 1. The second kappa shape index (κ2) is 8.73. The fourth-order valence-electron chi connectivity index (χ4n) is 2.95. The Hall–Kier alpha value is -0.750. The molecular formula is C15H17Cl3N4O4S. The highest BCUT2D eigenvalue weighted by atomic mass is 35.5. The monoisotopic (exact) mass is 454 g/mol. The molecule has 1 fully saturated rings. The van der Waals surface area contributed by atoms with Crippen LogP contribution in [0.15, 0.2) is 17.2 Å². The third-order valence-corrected chi connectivity index (χ3v) is 5.63. The lowest BCUT2D eigenvalue weighted by atomic mass is 10.1. The zero-order chi connectivity index (χ0) is 19.7. The fourth-order valence-corrected chi connectivity index (χ4v) is 3.76. The summed E-state index contributed by atoms with van der Waals surface area (Å²) >= 11 is 19.9. The highest BCUT2D eigenvalue weighted by Crippen LogP contribution is 2.40. The largest absolute Gasteiger partial charge is 0.394 e. The molecular weight excluding hydrogens is 439 g/mol. The van der Waals surface area contributed by atoms with E-state index in [1.807, 2.05) is 0 Å². The molecule has 4 atom stereocenters.